The van der Waals surface area contributed by atoms with Crippen LogP contribution in [0.3, 0.4) is 0 Å². The van der Waals surface area contributed by atoms with Crippen molar-refractivity contribution in [2.24, 2.45) is 0 Å². The molecular formula is C13H15NOS. The molecule has 1 atom stereocenters. The zero-order chi connectivity index (χ0) is 11.4. The predicted molar refractivity (Wildman–Crippen MR) is 69.7 cm³/mol. The highest BCUT2D eigenvalue weighted by molar-refractivity contribution is 7.99. The minimum Gasteiger partial charge on any atom is -0.388 e. The Morgan fingerprint density at radius 2 is 2.25 bits per heavy atom. The average Bonchev–Trinajstić information content (AvgIpc) is 2.35. The maximum atomic E-state index is 10.1. The molecule has 0 radical (unpaired) electrons. The van der Waals surface area contributed by atoms with Crippen molar-refractivity contribution < 1.29 is 5.11 Å². The molecule has 0 aliphatic heterocycles. The first-order valence-electron chi connectivity index (χ1n) is 5.41. The first kappa shape index (κ1) is 11.4. The van der Waals surface area contributed by atoms with Gasteiger partial charge in [0.05, 0.1) is 6.10 Å². The van der Waals surface area contributed by atoms with Crippen LogP contribution >= 0.6 is 11.8 Å². The molecule has 2 aromatic rings. The van der Waals surface area contributed by atoms with Crippen molar-refractivity contribution in [3.05, 3.63) is 42.2 Å². The summed E-state index contributed by atoms with van der Waals surface area (Å²) in [5.74, 6) is 1.77. The molecule has 2 rings (SSSR count). The second-order valence-corrected chi connectivity index (χ2v) is 4.94. The number of fused-ring (bicyclic) bond motifs is 1. The Labute approximate surface area is 99.7 Å². The van der Waals surface area contributed by atoms with Crippen molar-refractivity contribution >= 4 is 22.5 Å². The summed E-state index contributed by atoms with van der Waals surface area (Å²) in [5.41, 5.74) is 0.978. The summed E-state index contributed by atoms with van der Waals surface area (Å²) in [4.78, 5) is 4.12. The highest BCUT2D eigenvalue weighted by atomic mass is 32.2. The van der Waals surface area contributed by atoms with E-state index < -0.39 is 6.10 Å². The van der Waals surface area contributed by atoms with Crippen molar-refractivity contribution in [2.45, 2.75) is 13.0 Å². The van der Waals surface area contributed by atoms with E-state index in [1.165, 1.54) is 0 Å². The molecule has 0 aliphatic carbocycles. The van der Waals surface area contributed by atoms with Gasteiger partial charge in [-0.25, -0.2) is 0 Å². The number of aliphatic hydroxyl groups excluding tert-OH is 1. The summed E-state index contributed by atoms with van der Waals surface area (Å²) in [5, 5.41) is 12.3. The minimum atomic E-state index is -0.405. The van der Waals surface area contributed by atoms with Gasteiger partial charge in [0.15, 0.2) is 0 Å². The molecule has 1 aromatic carbocycles. The van der Waals surface area contributed by atoms with E-state index in [2.05, 4.69) is 11.9 Å². The third-order valence-electron chi connectivity index (χ3n) is 2.56. The molecule has 0 aliphatic rings. The Bertz CT molecular complexity index is 467. The number of rotatable bonds is 4. The van der Waals surface area contributed by atoms with Gasteiger partial charge in [-0.05, 0) is 22.8 Å². The molecule has 0 amide bonds. The third-order valence-corrected chi connectivity index (χ3v) is 3.52. The molecule has 1 unspecified atom stereocenters. The second-order valence-electron chi connectivity index (χ2n) is 3.62. The van der Waals surface area contributed by atoms with Crippen LogP contribution in [0.1, 0.15) is 18.6 Å². The van der Waals surface area contributed by atoms with Crippen molar-refractivity contribution in [3.8, 4) is 0 Å². The van der Waals surface area contributed by atoms with Gasteiger partial charge in [-0.15, -0.1) is 0 Å². The summed E-state index contributed by atoms with van der Waals surface area (Å²) in [6.07, 6.45) is 3.20. The van der Waals surface area contributed by atoms with Gasteiger partial charge < -0.3 is 5.11 Å². The monoisotopic (exact) mass is 233 g/mol. The van der Waals surface area contributed by atoms with Crippen LogP contribution in [-0.2, 0) is 0 Å². The lowest BCUT2D eigenvalue weighted by molar-refractivity contribution is 0.205. The van der Waals surface area contributed by atoms with Crippen LogP contribution in [0.4, 0.5) is 0 Å². The number of hydrogen-bond acceptors (Lipinski definition) is 3. The summed E-state index contributed by atoms with van der Waals surface area (Å²) in [6, 6.07) is 7.97. The van der Waals surface area contributed by atoms with E-state index >= 15 is 0 Å². The SMILES string of the molecule is CCSCC(O)c1cccc2ccncc12. The van der Waals surface area contributed by atoms with Gasteiger partial charge in [-0.2, -0.15) is 11.8 Å². The van der Waals surface area contributed by atoms with E-state index in [-0.39, 0.29) is 0 Å². The lowest BCUT2D eigenvalue weighted by Gasteiger charge is -2.12. The predicted octanol–water partition coefficient (Wildman–Crippen LogP) is 3.02. The number of benzene rings is 1. The van der Waals surface area contributed by atoms with Crippen LogP contribution in [0, 0.1) is 0 Å². The Morgan fingerprint density at radius 1 is 1.38 bits per heavy atom. The van der Waals surface area contributed by atoms with Crippen LogP contribution in [0.25, 0.3) is 10.8 Å². The van der Waals surface area contributed by atoms with E-state index in [1.54, 1.807) is 18.0 Å². The van der Waals surface area contributed by atoms with Crippen molar-refractivity contribution in [1.29, 1.82) is 0 Å². The standard InChI is InChI=1S/C13H15NOS/c1-2-16-9-13(15)11-5-3-4-10-6-7-14-8-12(10)11/h3-8,13,15H,2,9H2,1H3. The smallest absolute Gasteiger partial charge is 0.0886 e. The van der Waals surface area contributed by atoms with Crippen LogP contribution in [0.5, 0.6) is 0 Å². The van der Waals surface area contributed by atoms with E-state index in [1.807, 2.05) is 30.5 Å². The van der Waals surface area contributed by atoms with E-state index in [0.29, 0.717) is 0 Å². The van der Waals surface area contributed by atoms with E-state index in [0.717, 1.165) is 27.8 Å². The van der Waals surface area contributed by atoms with Gasteiger partial charge in [-0.1, -0.05) is 25.1 Å². The van der Waals surface area contributed by atoms with Crippen LogP contribution in [0.2, 0.25) is 0 Å². The molecule has 1 N–H and O–H groups in total. The van der Waals surface area contributed by atoms with Gasteiger partial charge in [0.25, 0.3) is 0 Å². The number of nitrogens with zero attached hydrogens (tertiary/aromatic N) is 1. The first-order chi connectivity index (χ1) is 7.83. The van der Waals surface area contributed by atoms with Crippen LogP contribution in [-0.4, -0.2) is 21.6 Å². The third kappa shape index (κ3) is 2.36. The topological polar surface area (TPSA) is 33.1 Å². The maximum absolute atomic E-state index is 10.1. The lowest BCUT2D eigenvalue weighted by Crippen LogP contribution is -2.01. The molecular weight excluding hydrogens is 218 g/mol. The fraction of sp³-hybridized carbons (Fsp3) is 0.308. The summed E-state index contributed by atoms with van der Waals surface area (Å²) >= 11 is 1.75. The molecule has 1 heterocycles. The van der Waals surface area contributed by atoms with Gasteiger partial charge in [-0.3, -0.25) is 4.98 Å². The number of aliphatic hydroxyl groups is 1. The molecule has 2 nitrogen and oxygen atoms in total. The summed E-state index contributed by atoms with van der Waals surface area (Å²) < 4.78 is 0. The second kappa shape index (κ2) is 5.32. The number of aromatic nitrogens is 1. The Hall–Kier alpha value is -1.06. The molecule has 0 saturated carbocycles. The highest BCUT2D eigenvalue weighted by Gasteiger charge is 2.10. The van der Waals surface area contributed by atoms with Crippen LogP contribution in [0.15, 0.2) is 36.7 Å². The zero-order valence-electron chi connectivity index (χ0n) is 9.26. The van der Waals surface area contributed by atoms with Gasteiger partial charge in [0, 0.05) is 23.5 Å². The lowest BCUT2D eigenvalue weighted by atomic mass is 10.0. The van der Waals surface area contributed by atoms with E-state index in [9.17, 15) is 5.11 Å². The molecule has 3 heteroatoms. The molecule has 16 heavy (non-hydrogen) atoms. The van der Waals surface area contributed by atoms with E-state index in [4.69, 9.17) is 0 Å². The first-order valence-corrected chi connectivity index (χ1v) is 6.57. The summed E-state index contributed by atoms with van der Waals surface area (Å²) in [6.45, 7) is 2.10. The largest absolute Gasteiger partial charge is 0.388 e. The maximum Gasteiger partial charge on any atom is 0.0886 e. The van der Waals surface area contributed by atoms with Crippen molar-refractivity contribution in [3.63, 3.8) is 0 Å². The van der Waals surface area contributed by atoms with Gasteiger partial charge >= 0.3 is 0 Å². The molecule has 84 valence electrons. The summed E-state index contributed by atoms with van der Waals surface area (Å²) in [7, 11) is 0. The number of thioether (sulfide) groups is 1. The normalized spacial score (nSPS) is 12.9. The van der Waals surface area contributed by atoms with Crippen LogP contribution < -0.4 is 0 Å². The average molecular weight is 233 g/mol. The minimum absolute atomic E-state index is 0.405. The molecule has 1 aromatic heterocycles. The molecule has 0 fully saturated rings. The fourth-order valence-corrected chi connectivity index (χ4v) is 2.39. The fourth-order valence-electron chi connectivity index (χ4n) is 1.75. The molecule has 0 spiro atoms. The van der Waals surface area contributed by atoms with Gasteiger partial charge in [0.2, 0.25) is 0 Å². The highest BCUT2D eigenvalue weighted by Crippen LogP contribution is 2.25. The molecule has 0 bridgehead atoms. The molecule has 0 saturated heterocycles. The Kier molecular flexibility index (Phi) is 3.80. The van der Waals surface area contributed by atoms with Gasteiger partial charge in [0.1, 0.15) is 0 Å². The Balaban J connectivity index is 2.36. The number of hydrogen-bond donors (Lipinski definition) is 1. The van der Waals surface area contributed by atoms with Crippen molar-refractivity contribution in [1.82, 2.24) is 4.98 Å². The van der Waals surface area contributed by atoms with Crippen molar-refractivity contribution in [2.75, 3.05) is 11.5 Å². The number of pyridine rings is 1. The zero-order valence-corrected chi connectivity index (χ0v) is 10.1. The Morgan fingerprint density at radius 3 is 3.06 bits per heavy atom. The quantitative estimate of drug-likeness (QED) is 0.881.